The third-order valence-corrected chi connectivity index (χ3v) is 5.31. The van der Waals surface area contributed by atoms with Gasteiger partial charge in [0.05, 0.1) is 4.90 Å². The Balaban J connectivity index is 2.16. The van der Waals surface area contributed by atoms with Crippen molar-refractivity contribution in [3.63, 3.8) is 0 Å². The van der Waals surface area contributed by atoms with Gasteiger partial charge in [0.2, 0.25) is 0 Å². The Bertz CT molecular complexity index is 1120. The summed E-state index contributed by atoms with van der Waals surface area (Å²) in [5.41, 5.74) is -4.39. The molecule has 0 radical (unpaired) electrons. The van der Waals surface area contributed by atoms with Gasteiger partial charge in [-0.25, -0.2) is 4.79 Å². The number of halogens is 3. The molecule has 162 valence electrons. The van der Waals surface area contributed by atoms with Gasteiger partial charge in [-0.2, -0.15) is 13.2 Å². The molecular formula is C24H21F3O3S. The van der Waals surface area contributed by atoms with E-state index in [0.717, 1.165) is 5.56 Å². The van der Waals surface area contributed by atoms with Crippen molar-refractivity contribution in [1.82, 2.24) is 0 Å². The molecule has 0 aliphatic heterocycles. The lowest BCUT2D eigenvalue weighted by Crippen LogP contribution is -2.25. The molecule has 0 aliphatic carbocycles. The van der Waals surface area contributed by atoms with Gasteiger partial charge in [-0.05, 0) is 56.3 Å². The Kier molecular flexibility index (Phi) is 6.36. The van der Waals surface area contributed by atoms with Crippen molar-refractivity contribution in [2.24, 2.45) is 0 Å². The highest BCUT2D eigenvalue weighted by atomic mass is 32.2. The first-order chi connectivity index (χ1) is 14.5. The van der Waals surface area contributed by atoms with Gasteiger partial charge in [-0.3, -0.25) is 0 Å². The number of alkyl halides is 3. The number of benzene rings is 3. The Labute approximate surface area is 182 Å². The molecule has 0 amide bonds. The van der Waals surface area contributed by atoms with E-state index in [4.69, 9.17) is 9.47 Å². The Morgan fingerprint density at radius 1 is 0.935 bits per heavy atom. The molecule has 0 saturated heterocycles. The summed E-state index contributed by atoms with van der Waals surface area (Å²) >= 11 is -0.244. The molecule has 0 aromatic heterocycles. The fraction of sp³-hybridized carbons (Fsp3) is 0.208. The van der Waals surface area contributed by atoms with E-state index in [0.29, 0.717) is 10.8 Å². The van der Waals surface area contributed by atoms with E-state index in [2.05, 4.69) is 6.58 Å². The molecule has 31 heavy (non-hydrogen) atoms. The fourth-order valence-electron chi connectivity index (χ4n) is 3.02. The molecule has 3 rings (SSSR count). The van der Waals surface area contributed by atoms with Gasteiger partial charge >= 0.3 is 11.5 Å². The van der Waals surface area contributed by atoms with Crippen molar-refractivity contribution in [3.8, 4) is 11.5 Å². The lowest BCUT2D eigenvalue weighted by molar-refractivity contribution is -0.130. The molecule has 0 saturated carbocycles. The van der Waals surface area contributed by atoms with Gasteiger partial charge in [-0.1, -0.05) is 49.0 Å². The van der Waals surface area contributed by atoms with Crippen LogP contribution in [-0.4, -0.2) is 11.5 Å². The third kappa shape index (κ3) is 5.41. The molecule has 0 heterocycles. The number of rotatable bonds is 6. The fourth-order valence-corrected chi connectivity index (χ4v) is 3.65. The molecule has 3 aromatic rings. The monoisotopic (exact) mass is 446 g/mol. The number of ether oxygens (including phenoxy) is 2. The van der Waals surface area contributed by atoms with E-state index in [9.17, 15) is 18.0 Å². The van der Waals surface area contributed by atoms with E-state index < -0.39 is 17.1 Å². The molecule has 0 aliphatic rings. The second kappa shape index (κ2) is 8.67. The molecule has 3 aromatic carbocycles. The van der Waals surface area contributed by atoms with Crippen molar-refractivity contribution < 1.29 is 27.4 Å². The Hall–Kier alpha value is -2.93. The van der Waals surface area contributed by atoms with Gasteiger partial charge in [-0.15, -0.1) is 0 Å². The van der Waals surface area contributed by atoms with Crippen LogP contribution in [0.15, 0.2) is 77.7 Å². The minimum Gasteiger partial charge on any atom is -0.481 e. The SMILES string of the molecule is C=C(C)C(=O)Oc1cccc2c(OC(C)(C)c3ccccc3)c(SC(F)(F)F)ccc12. The average molecular weight is 446 g/mol. The highest BCUT2D eigenvalue weighted by Gasteiger charge is 2.33. The number of esters is 1. The standard InChI is InChI=1S/C24H21F3O3S/c1-15(2)22(28)29-19-12-8-11-18-17(19)13-14-20(31-24(25,26)27)21(18)30-23(3,4)16-9-6-5-7-10-16/h5-14H,1H2,2-4H3. The quantitative estimate of drug-likeness (QED) is 0.173. The van der Waals surface area contributed by atoms with Crippen molar-refractivity contribution >= 4 is 28.5 Å². The molecule has 0 fully saturated rings. The maximum absolute atomic E-state index is 13.2. The van der Waals surface area contributed by atoms with Crippen molar-refractivity contribution in [1.29, 1.82) is 0 Å². The Morgan fingerprint density at radius 2 is 1.61 bits per heavy atom. The van der Waals surface area contributed by atoms with Crippen molar-refractivity contribution in [2.75, 3.05) is 0 Å². The van der Waals surface area contributed by atoms with Crippen LogP contribution in [0, 0.1) is 0 Å². The van der Waals surface area contributed by atoms with E-state index in [-0.39, 0.29) is 33.7 Å². The number of hydrogen-bond donors (Lipinski definition) is 0. The molecule has 3 nitrogen and oxygen atoms in total. The van der Waals surface area contributed by atoms with Crippen LogP contribution < -0.4 is 9.47 Å². The summed E-state index contributed by atoms with van der Waals surface area (Å²) < 4.78 is 51.3. The summed E-state index contributed by atoms with van der Waals surface area (Å²) in [7, 11) is 0. The predicted octanol–water partition coefficient (Wildman–Crippen LogP) is 7.25. The van der Waals surface area contributed by atoms with Crippen LogP contribution in [0.25, 0.3) is 10.8 Å². The second-order valence-corrected chi connectivity index (χ2v) is 8.55. The number of carbonyl (C=O) groups is 1. The number of fused-ring (bicyclic) bond motifs is 1. The molecule has 0 spiro atoms. The maximum atomic E-state index is 13.2. The minimum atomic E-state index is -4.49. The number of hydrogen-bond acceptors (Lipinski definition) is 4. The zero-order valence-electron chi connectivity index (χ0n) is 17.2. The number of thioether (sulfide) groups is 1. The highest BCUT2D eigenvalue weighted by Crippen LogP contribution is 2.47. The van der Waals surface area contributed by atoms with Gasteiger partial charge in [0.25, 0.3) is 0 Å². The highest BCUT2D eigenvalue weighted by molar-refractivity contribution is 8.00. The van der Waals surface area contributed by atoms with Crippen LogP contribution in [0.3, 0.4) is 0 Å². The van der Waals surface area contributed by atoms with Crippen LogP contribution in [0.5, 0.6) is 11.5 Å². The van der Waals surface area contributed by atoms with Crippen molar-refractivity contribution in [3.05, 3.63) is 78.4 Å². The zero-order chi connectivity index (χ0) is 22.8. The molecule has 0 N–H and O–H groups in total. The first kappa shape index (κ1) is 22.7. The van der Waals surface area contributed by atoms with Crippen LogP contribution in [-0.2, 0) is 10.4 Å². The molecule has 7 heteroatoms. The van der Waals surface area contributed by atoms with Crippen LogP contribution in [0.4, 0.5) is 13.2 Å². The first-order valence-corrected chi connectivity index (χ1v) is 10.2. The van der Waals surface area contributed by atoms with Crippen LogP contribution in [0.2, 0.25) is 0 Å². The van der Waals surface area contributed by atoms with Crippen LogP contribution >= 0.6 is 11.8 Å². The van der Waals surface area contributed by atoms with Gasteiger partial charge in [0.1, 0.15) is 17.1 Å². The topological polar surface area (TPSA) is 35.5 Å². The van der Waals surface area contributed by atoms with Crippen molar-refractivity contribution in [2.45, 2.75) is 36.8 Å². The summed E-state index contributed by atoms with van der Waals surface area (Å²) in [5, 5.41) is 0.868. The van der Waals surface area contributed by atoms with E-state index >= 15 is 0 Å². The maximum Gasteiger partial charge on any atom is 0.446 e. The van der Waals surface area contributed by atoms with E-state index in [1.807, 2.05) is 30.3 Å². The molecule has 0 atom stereocenters. The number of carbonyl (C=O) groups excluding carboxylic acids is 1. The third-order valence-electron chi connectivity index (χ3n) is 4.54. The summed E-state index contributed by atoms with van der Waals surface area (Å²) in [5.74, 6) is -0.327. The summed E-state index contributed by atoms with van der Waals surface area (Å²) in [4.78, 5) is 11.9. The normalized spacial score (nSPS) is 11.9. The van der Waals surface area contributed by atoms with E-state index in [1.165, 1.54) is 19.1 Å². The molecule has 0 unspecified atom stereocenters. The minimum absolute atomic E-state index is 0.0712. The summed E-state index contributed by atoms with van der Waals surface area (Å²) in [6, 6.07) is 16.9. The lowest BCUT2D eigenvalue weighted by Gasteiger charge is -2.29. The van der Waals surface area contributed by atoms with Gasteiger partial charge < -0.3 is 9.47 Å². The zero-order valence-corrected chi connectivity index (χ0v) is 18.1. The average Bonchev–Trinajstić information content (AvgIpc) is 2.69. The van der Waals surface area contributed by atoms with E-state index in [1.54, 1.807) is 32.0 Å². The smallest absolute Gasteiger partial charge is 0.446 e. The van der Waals surface area contributed by atoms with Gasteiger partial charge in [0, 0.05) is 16.3 Å². The first-order valence-electron chi connectivity index (χ1n) is 9.41. The van der Waals surface area contributed by atoms with Gasteiger partial charge in [0.15, 0.2) is 0 Å². The lowest BCUT2D eigenvalue weighted by atomic mass is 9.98. The predicted molar refractivity (Wildman–Crippen MR) is 116 cm³/mol. The summed E-state index contributed by atoms with van der Waals surface area (Å²) in [6.45, 7) is 8.65. The van der Waals surface area contributed by atoms with Crippen LogP contribution in [0.1, 0.15) is 26.3 Å². The summed E-state index contributed by atoms with van der Waals surface area (Å²) in [6.07, 6.45) is 0. The molecular weight excluding hydrogens is 425 g/mol. The second-order valence-electron chi connectivity index (χ2n) is 7.44. The molecule has 0 bridgehead atoms. The largest absolute Gasteiger partial charge is 0.481 e. The Morgan fingerprint density at radius 3 is 2.23 bits per heavy atom.